The van der Waals surface area contributed by atoms with E-state index in [1.54, 1.807) is 0 Å². The number of carbonyl (C=O) groups excluding carboxylic acids is 2. The summed E-state index contributed by atoms with van der Waals surface area (Å²) in [5.74, 6) is -0.0683. The number of nitrogens with one attached hydrogen (secondary N) is 2. The maximum Gasteiger partial charge on any atom is 0.239 e. The van der Waals surface area contributed by atoms with Crippen LogP contribution in [0.1, 0.15) is 30.9 Å². The van der Waals surface area contributed by atoms with Gasteiger partial charge in [0.15, 0.2) is 0 Å². The van der Waals surface area contributed by atoms with Crippen LogP contribution in [0, 0.1) is 0 Å². The molecule has 0 aliphatic carbocycles. The van der Waals surface area contributed by atoms with Crippen LogP contribution in [0.3, 0.4) is 0 Å². The lowest BCUT2D eigenvalue weighted by molar-refractivity contribution is -0.125. The van der Waals surface area contributed by atoms with Crippen LogP contribution in [0.25, 0.3) is 0 Å². The molecule has 0 fully saturated rings. The highest BCUT2D eigenvalue weighted by Crippen LogP contribution is 2.14. The van der Waals surface area contributed by atoms with E-state index in [1.165, 1.54) is 5.56 Å². The lowest BCUT2D eigenvalue weighted by Crippen LogP contribution is -2.39. The van der Waals surface area contributed by atoms with Gasteiger partial charge >= 0.3 is 0 Å². The summed E-state index contributed by atoms with van der Waals surface area (Å²) in [4.78, 5) is 22.3. The van der Waals surface area contributed by atoms with Crippen LogP contribution >= 0.6 is 12.4 Å². The number of hydrogen-bond donors (Lipinski definition) is 3. The first-order chi connectivity index (χ1) is 9.02. The maximum atomic E-state index is 11.4. The summed E-state index contributed by atoms with van der Waals surface area (Å²) in [5, 5.41) is 5.15. The molecular weight excluding hydrogens is 278 g/mol. The number of halogens is 1. The maximum absolute atomic E-state index is 11.4. The van der Waals surface area contributed by atoms with E-state index < -0.39 is 0 Å². The molecule has 0 aliphatic rings. The van der Waals surface area contributed by atoms with Gasteiger partial charge in [0.2, 0.25) is 11.8 Å². The third kappa shape index (κ3) is 6.54. The van der Waals surface area contributed by atoms with Crippen molar-refractivity contribution in [1.82, 2.24) is 10.6 Å². The molecule has 1 aromatic carbocycles. The number of carbonyl (C=O) groups is 2. The van der Waals surface area contributed by atoms with Crippen LogP contribution in [0.4, 0.5) is 0 Å². The summed E-state index contributed by atoms with van der Waals surface area (Å²) >= 11 is 0. The highest BCUT2D eigenvalue weighted by Gasteiger charge is 2.04. The summed E-state index contributed by atoms with van der Waals surface area (Å²) in [6.45, 7) is 4.58. The van der Waals surface area contributed by atoms with Crippen molar-refractivity contribution in [2.45, 2.75) is 26.3 Å². The molecule has 4 N–H and O–H groups in total. The lowest BCUT2D eigenvalue weighted by atomic mass is 10.0. The molecule has 0 heterocycles. The van der Waals surface area contributed by atoms with Gasteiger partial charge in [-0.1, -0.05) is 38.1 Å². The highest BCUT2D eigenvalue weighted by molar-refractivity contribution is 5.85. The van der Waals surface area contributed by atoms with Gasteiger partial charge in [-0.15, -0.1) is 12.4 Å². The van der Waals surface area contributed by atoms with Gasteiger partial charge in [0.1, 0.15) is 0 Å². The van der Waals surface area contributed by atoms with E-state index in [1.807, 2.05) is 12.1 Å². The standard InChI is InChI=1S/C14H21N3O2.ClH/c1-10(2)12-5-3-11(4-6-12)8-16-14(19)9-17-13(18)7-15;/h3-6,10H,7-9,15H2,1-2H3,(H,16,19)(H,17,18);1H. The molecule has 6 heteroatoms. The molecule has 0 radical (unpaired) electrons. The molecular formula is C14H22ClN3O2. The van der Waals surface area contributed by atoms with Gasteiger partial charge in [-0.2, -0.15) is 0 Å². The van der Waals surface area contributed by atoms with Gasteiger partial charge in [-0.25, -0.2) is 0 Å². The van der Waals surface area contributed by atoms with Crippen LogP contribution < -0.4 is 16.4 Å². The van der Waals surface area contributed by atoms with E-state index in [-0.39, 0.29) is 37.3 Å². The second-order valence-corrected chi connectivity index (χ2v) is 4.65. The third-order valence-corrected chi connectivity index (χ3v) is 2.77. The molecule has 1 rings (SSSR count). The minimum absolute atomic E-state index is 0. The Balaban J connectivity index is 0.00000361. The van der Waals surface area contributed by atoms with Crippen molar-refractivity contribution >= 4 is 24.2 Å². The van der Waals surface area contributed by atoms with Gasteiger partial charge in [0, 0.05) is 6.54 Å². The number of benzene rings is 1. The molecule has 0 aliphatic heterocycles. The van der Waals surface area contributed by atoms with E-state index in [9.17, 15) is 9.59 Å². The Kier molecular flexibility index (Phi) is 8.59. The van der Waals surface area contributed by atoms with E-state index >= 15 is 0 Å². The Morgan fingerprint density at radius 1 is 1.10 bits per heavy atom. The van der Waals surface area contributed by atoms with Gasteiger partial charge in [-0.3, -0.25) is 9.59 Å². The molecule has 0 unspecified atom stereocenters. The summed E-state index contributed by atoms with van der Waals surface area (Å²) in [7, 11) is 0. The van der Waals surface area contributed by atoms with E-state index in [2.05, 4.69) is 36.6 Å². The fraction of sp³-hybridized carbons (Fsp3) is 0.429. The molecule has 5 nitrogen and oxygen atoms in total. The van der Waals surface area contributed by atoms with Gasteiger partial charge in [-0.05, 0) is 17.0 Å². The molecule has 0 atom stereocenters. The van der Waals surface area contributed by atoms with Crippen LogP contribution in [-0.4, -0.2) is 24.9 Å². The Morgan fingerprint density at radius 3 is 2.20 bits per heavy atom. The fourth-order valence-corrected chi connectivity index (χ4v) is 1.53. The number of nitrogens with two attached hydrogens (primary N) is 1. The number of hydrogen-bond acceptors (Lipinski definition) is 3. The monoisotopic (exact) mass is 299 g/mol. The largest absolute Gasteiger partial charge is 0.350 e. The Bertz CT molecular complexity index is 433. The van der Waals surface area contributed by atoms with Crippen molar-refractivity contribution < 1.29 is 9.59 Å². The third-order valence-electron chi connectivity index (χ3n) is 2.77. The molecule has 2 amide bonds. The first-order valence-corrected chi connectivity index (χ1v) is 6.35. The van der Waals surface area contributed by atoms with Gasteiger partial charge in [0.25, 0.3) is 0 Å². The SMILES string of the molecule is CC(C)c1ccc(CNC(=O)CNC(=O)CN)cc1.Cl. The Morgan fingerprint density at radius 2 is 1.70 bits per heavy atom. The van der Waals surface area contributed by atoms with E-state index in [0.717, 1.165) is 5.56 Å². The molecule has 0 spiro atoms. The van der Waals surface area contributed by atoms with Crippen molar-refractivity contribution in [3.63, 3.8) is 0 Å². The van der Waals surface area contributed by atoms with Crippen molar-refractivity contribution in [2.75, 3.05) is 13.1 Å². The Labute approximate surface area is 125 Å². The topological polar surface area (TPSA) is 84.2 Å². The van der Waals surface area contributed by atoms with E-state index in [0.29, 0.717) is 12.5 Å². The number of rotatable bonds is 6. The van der Waals surface area contributed by atoms with Gasteiger partial charge < -0.3 is 16.4 Å². The zero-order valence-corrected chi connectivity index (χ0v) is 12.6. The predicted molar refractivity (Wildman–Crippen MR) is 81.7 cm³/mol. The molecule has 0 aromatic heterocycles. The fourth-order valence-electron chi connectivity index (χ4n) is 1.53. The minimum atomic E-state index is -0.337. The molecule has 0 bridgehead atoms. The second-order valence-electron chi connectivity index (χ2n) is 4.65. The highest BCUT2D eigenvalue weighted by atomic mass is 35.5. The van der Waals surface area contributed by atoms with Crippen LogP contribution in [0.5, 0.6) is 0 Å². The normalized spacial score (nSPS) is 9.80. The molecule has 1 aromatic rings. The summed E-state index contributed by atoms with van der Waals surface area (Å²) in [6.07, 6.45) is 0. The first kappa shape index (κ1) is 18.4. The summed E-state index contributed by atoms with van der Waals surface area (Å²) in [6, 6.07) is 8.10. The summed E-state index contributed by atoms with van der Waals surface area (Å²) < 4.78 is 0. The quantitative estimate of drug-likeness (QED) is 0.730. The summed E-state index contributed by atoms with van der Waals surface area (Å²) in [5.41, 5.74) is 7.42. The minimum Gasteiger partial charge on any atom is -0.350 e. The van der Waals surface area contributed by atoms with Gasteiger partial charge in [0.05, 0.1) is 13.1 Å². The zero-order valence-electron chi connectivity index (χ0n) is 11.8. The van der Waals surface area contributed by atoms with Crippen LogP contribution in [0.2, 0.25) is 0 Å². The molecule has 112 valence electrons. The lowest BCUT2D eigenvalue weighted by Gasteiger charge is -2.08. The predicted octanol–water partition coefficient (Wildman–Crippen LogP) is 0.923. The second kappa shape index (κ2) is 9.34. The van der Waals surface area contributed by atoms with Crippen LogP contribution in [0.15, 0.2) is 24.3 Å². The first-order valence-electron chi connectivity index (χ1n) is 6.35. The zero-order chi connectivity index (χ0) is 14.3. The average molecular weight is 300 g/mol. The molecule has 0 saturated carbocycles. The van der Waals surface area contributed by atoms with Crippen molar-refractivity contribution in [3.05, 3.63) is 35.4 Å². The van der Waals surface area contributed by atoms with Crippen molar-refractivity contribution in [1.29, 1.82) is 0 Å². The molecule has 0 saturated heterocycles. The average Bonchev–Trinajstić information content (AvgIpc) is 2.42. The Hall–Kier alpha value is -1.59. The number of amides is 2. The van der Waals surface area contributed by atoms with Crippen molar-refractivity contribution in [3.8, 4) is 0 Å². The molecule has 20 heavy (non-hydrogen) atoms. The van der Waals surface area contributed by atoms with E-state index in [4.69, 9.17) is 5.73 Å². The van der Waals surface area contributed by atoms with Crippen LogP contribution in [-0.2, 0) is 16.1 Å². The smallest absolute Gasteiger partial charge is 0.239 e. The van der Waals surface area contributed by atoms with Crippen molar-refractivity contribution in [2.24, 2.45) is 5.73 Å².